The number of aromatic hydroxyl groups is 1. The second-order valence-corrected chi connectivity index (χ2v) is 5.20. The number of phenols is 1. The van der Waals surface area contributed by atoms with Crippen molar-refractivity contribution in [3.05, 3.63) is 59.1 Å². The van der Waals surface area contributed by atoms with Gasteiger partial charge < -0.3 is 15.2 Å². The number of carbonyl (C=O) groups excluding carboxylic acids is 1. The molecule has 0 bridgehead atoms. The molecule has 0 spiro atoms. The van der Waals surface area contributed by atoms with Crippen LogP contribution in [0.2, 0.25) is 5.02 Å². The van der Waals surface area contributed by atoms with Crippen LogP contribution in [0.5, 0.6) is 11.5 Å². The molecule has 1 amide bonds. The van der Waals surface area contributed by atoms with E-state index in [2.05, 4.69) is 5.32 Å². The van der Waals surface area contributed by atoms with Gasteiger partial charge in [-0.3, -0.25) is 4.79 Å². The maximum Gasteiger partial charge on any atom is 0.223 e. The zero-order valence-corrected chi connectivity index (χ0v) is 12.8. The molecule has 2 rings (SSSR count). The van der Waals surface area contributed by atoms with Crippen molar-refractivity contribution in [2.45, 2.75) is 12.8 Å². The number of ether oxygens (including phenoxy) is 1. The lowest BCUT2D eigenvalue weighted by Crippen LogP contribution is -2.27. The van der Waals surface area contributed by atoms with Gasteiger partial charge in [-0.1, -0.05) is 35.9 Å². The minimum absolute atomic E-state index is 0.0640. The molecule has 0 heterocycles. The van der Waals surface area contributed by atoms with Gasteiger partial charge in [0, 0.05) is 6.54 Å². The zero-order valence-electron chi connectivity index (χ0n) is 12.1. The first-order valence-electron chi connectivity index (χ1n) is 7.07. The van der Waals surface area contributed by atoms with E-state index >= 15 is 0 Å². The lowest BCUT2D eigenvalue weighted by atomic mass is 10.1. The summed E-state index contributed by atoms with van der Waals surface area (Å²) in [4.78, 5) is 11.7. The van der Waals surface area contributed by atoms with Gasteiger partial charge in [-0.2, -0.15) is 0 Å². The van der Waals surface area contributed by atoms with Gasteiger partial charge in [-0.15, -0.1) is 0 Å². The van der Waals surface area contributed by atoms with Crippen molar-refractivity contribution in [3.63, 3.8) is 0 Å². The van der Waals surface area contributed by atoms with Gasteiger partial charge in [0.05, 0.1) is 18.1 Å². The highest BCUT2D eigenvalue weighted by Crippen LogP contribution is 2.22. The Morgan fingerprint density at radius 3 is 2.59 bits per heavy atom. The van der Waals surface area contributed by atoms with Gasteiger partial charge in [0.2, 0.25) is 5.91 Å². The van der Waals surface area contributed by atoms with Gasteiger partial charge in [0.1, 0.15) is 11.5 Å². The molecule has 2 N–H and O–H groups in total. The Morgan fingerprint density at radius 1 is 1.14 bits per heavy atom. The molecule has 0 radical (unpaired) electrons. The van der Waals surface area contributed by atoms with E-state index in [4.69, 9.17) is 16.3 Å². The molecule has 0 atom stereocenters. The van der Waals surface area contributed by atoms with Crippen LogP contribution in [0, 0.1) is 0 Å². The third-order valence-electron chi connectivity index (χ3n) is 3.10. The van der Waals surface area contributed by atoms with Crippen molar-refractivity contribution in [1.29, 1.82) is 0 Å². The van der Waals surface area contributed by atoms with Crippen LogP contribution in [0.4, 0.5) is 0 Å². The largest absolute Gasteiger partial charge is 0.508 e. The molecule has 116 valence electrons. The minimum Gasteiger partial charge on any atom is -0.508 e. The first kappa shape index (κ1) is 16.2. The summed E-state index contributed by atoms with van der Waals surface area (Å²) in [6, 6.07) is 14.1. The Labute approximate surface area is 134 Å². The predicted molar refractivity (Wildman–Crippen MR) is 86.4 cm³/mol. The van der Waals surface area contributed by atoms with Crippen LogP contribution in [0.3, 0.4) is 0 Å². The Morgan fingerprint density at radius 2 is 1.86 bits per heavy atom. The van der Waals surface area contributed by atoms with Crippen LogP contribution in [0.1, 0.15) is 12.0 Å². The van der Waals surface area contributed by atoms with E-state index in [-0.39, 0.29) is 24.7 Å². The number of benzene rings is 2. The number of hydrogen-bond donors (Lipinski definition) is 2. The summed E-state index contributed by atoms with van der Waals surface area (Å²) in [6.45, 7) is 0.838. The van der Waals surface area contributed by atoms with Crippen molar-refractivity contribution < 1.29 is 14.6 Å². The fraction of sp³-hybridized carbons (Fsp3) is 0.235. The highest BCUT2D eigenvalue weighted by molar-refractivity contribution is 6.32. The quantitative estimate of drug-likeness (QED) is 0.824. The predicted octanol–water partition coefficient (Wildman–Crippen LogP) is 3.17. The number of carbonyl (C=O) groups is 1. The molecular weight excluding hydrogens is 302 g/mol. The normalized spacial score (nSPS) is 10.2. The summed E-state index contributed by atoms with van der Waals surface area (Å²) < 4.78 is 5.46. The Kier molecular flexibility index (Phi) is 6.10. The number of para-hydroxylation sites is 1. The molecule has 5 heteroatoms. The molecular formula is C17H18ClNO3. The average molecular weight is 320 g/mol. The van der Waals surface area contributed by atoms with E-state index in [0.717, 1.165) is 12.0 Å². The molecule has 0 aliphatic carbocycles. The summed E-state index contributed by atoms with van der Waals surface area (Å²) in [5.41, 5.74) is 1.06. The van der Waals surface area contributed by atoms with E-state index < -0.39 is 0 Å². The van der Waals surface area contributed by atoms with Crippen molar-refractivity contribution >= 4 is 17.5 Å². The topological polar surface area (TPSA) is 58.6 Å². The van der Waals surface area contributed by atoms with Crippen molar-refractivity contribution in [3.8, 4) is 11.5 Å². The SMILES string of the molecule is O=C(CCOc1ccccc1Cl)NCCc1ccc(O)cc1. The number of phenolic OH excluding ortho intramolecular Hbond substituents is 1. The van der Waals surface area contributed by atoms with Gasteiger partial charge in [0.15, 0.2) is 0 Å². The fourth-order valence-corrected chi connectivity index (χ4v) is 2.10. The first-order valence-corrected chi connectivity index (χ1v) is 7.45. The number of rotatable bonds is 7. The third kappa shape index (κ3) is 5.30. The second-order valence-electron chi connectivity index (χ2n) is 4.80. The molecule has 22 heavy (non-hydrogen) atoms. The average Bonchev–Trinajstić information content (AvgIpc) is 2.51. The third-order valence-corrected chi connectivity index (χ3v) is 3.41. The van der Waals surface area contributed by atoms with Gasteiger partial charge in [-0.25, -0.2) is 0 Å². The highest BCUT2D eigenvalue weighted by Gasteiger charge is 2.04. The van der Waals surface area contributed by atoms with Crippen LogP contribution in [0.25, 0.3) is 0 Å². The van der Waals surface area contributed by atoms with Crippen LogP contribution >= 0.6 is 11.6 Å². The van der Waals surface area contributed by atoms with Crippen LogP contribution in [-0.4, -0.2) is 24.2 Å². The molecule has 0 unspecified atom stereocenters. The second kappa shape index (κ2) is 8.29. The Balaban J connectivity index is 1.64. The number of amides is 1. The van der Waals surface area contributed by atoms with E-state index in [1.807, 2.05) is 24.3 Å². The molecule has 0 saturated carbocycles. The zero-order chi connectivity index (χ0) is 15.8. The van der Waals surface area contributed by atoms with Gasteiger partial charge >= 0.3 is 0 Å². The fourth-order valence-electron chi connectivity index (χ4n) is 1.91. The molecule has 0 aliphatic rings. The van der Waals surface area contributed by atoms with Crippen molar-refractivity contribution in [2.24, 2.45) is 0 Å². The standard InChI is InChI=1S/C17H18ClNO3/c18-15-3-1-2-4-16(15)22-12-10-17(21)19-11-9-13-5-7-14(20)8-6-13/h1-8,20H,9-12H2,(H,19,21). The first-order chi connectivity index (χ1) is 10.6. The smallest absolute Gasteiger partial charge is 0.223 e. The maximum atomic E-state index is 11.7. The van der Waals surface area contributed by atoms with Crippen LogP contribution in [-0.2, 0) is 11.2 Å². The van der Waals surface area contributed by atoms with E-state index in [1.165, 1.54) is 0 Å². The Bertz CT molecular complexity index is 614. The molecule has 0 aromatic heterocycles. The summed E-state index contributed by atoms with van der Waals surface area (Å²) in [6.07, 6.45) is 0.998. The number of halogens is 1. The van der Waals surface area contributed by atoms with Crippen LogP contribution < -0.4 is 10.1 Å². The van der Waals surface area contributed by atoms with Crippen molar-refractivity contribution in [1.82, 2.24) is 5.32 Å². The highest BCUT2D eigenvalue weighted by atomic mass is 35.5. The van der Waals surface area contributed by atoms with E-state index in [9.17, 15) is 9.90 Å². The summed E-state index contributed by atoms with van der Waals surface area (Å²) >= 11 is 5.96. The lowest BCUT2D eigenvalue weighted by Gasteiger charge is -2.08. The van der Waals surface area contributed by atoms with Gasteiger partial charge in [0.25, 0.3) is 0 Å². The number of nitrogens with one attached hydrogen (secondary N) is 1. The summed E-state index contributed by atoms with van der Waals surface area (Å²) in [5, 5.41) is 12.6. The van der Waals surface area contributed by atoms with Crippen molar-refractivity contribution in [2.75, 3.05) is 13.2 Å². The minimum atomic E-state index is -0.0640. The molecule has 2 aromatic carbocycles. The van der Waals surface area contributed by atoms with E-state index in [0.29, 0.717) is 17.3 Å². The summed E-state index contributed by atoms with van der Waals surface area (Å²) in [7, 11) is 0. The van der Waals surface area contributed by atoms with Crippen LogP contribution in [0.15, 0.2) is 48.5 Å². The number of hydrogen-bond acceptors (Lipinski definition) is 3. The molecule has 2 aromatic rings. The monoisotopic (exact) mass is 319 g/mol. The summed E-state index contributed by atoms with van der Waals surface area (Å²) in [5.74, 6) is 0.761. The molecule has 4 nitrogen and oxygen atoms in total. The van der Waals surface area contributed by atoms with Gasteiger partial charge in [-0.05, 0) is 36.2 Å². The Hall–Kier alpha value is -2.20. The molecule has 0 aliphatic heterocycles. The van der Waals surface area contributed by atoms with E-state index in [1.54, 1.807) is 24.3 Å². The lowest BCUT2D eigenvalue weighted by molar-refractivity contribution is -0.121. The molecule has 0 fully saturated rings. The molecule has 0 saturated heterocycles. The maximum absolute atomic E-state index is 11.7.